The third kappa shape index (κ3) is 4.92. The third-order valence-electron chi connectivity index (χ3n) is 3.19. The van der Waals surface area contributed by atoms with E-state index >= 15 is 0 Å². The van der Waals surface area contributed by atoms with Crippen molar-refractivity contribution in [2.45, 2.75) is 31.9 Å². The third-order valence-corrected chi connectivity index (χ3v) is 3.19. The summed E-state index contributed by atoms with van der Waals surface area (Å²) >= 11 is 0. The average molecular weight is 265 g/mol. The molecule has 1 N–H and O–H groups in total. The van der Waals surface area contributed by atoms with Gasteiger partial charge >= 0.3 is 5.97 Å². The fourth-order valence-corrected chi connectivity index (χ4v) is 2.16. The molecule has 0 saturated carbocycles. The summed E-state index contributed by atoms with van der Waals surface area (Å²) in [5.41, 5.74) is 0. The number of carboxylic acid groups (broad SMARTS) is 1. The maximum absolute atomic E-state index is 10.4. The Morgan fingerprint density at radius 3 is 2.68 bits per heavy atom. The lowest BCUT2D eigenvalue weighted by Crippen LogP contribution is -2.37. The molecule has 1 saturated heterocycles. The summed E-state index contributed by atoms with van der Waals surface area (Å²) in [5.74, 6) is 0.0337. The first-order chi connectivity index (χ1) is 9.24. The SMILES string of the molecule is O=C(O)CCOC1CCN(Cc2ncccn2)CC1. The van der Waals surface area contributed by atoms with Gasteiger partial charge in [0.1, 0.15) is 5.82 Å². The lowest BCUT2D eigenvalue weighted by molar-refractivity contribution is -0.138. The van der Waals surface area contributed by atoms with Crippen molar-refractivity contribution in [1.29, 1.82) is 0 Å². The molecule has 0 bridgehead atoms. The minimum Gasteiger partial charge on any atom is -0.481 e. The molecular weight excluding hydrogens is 246 g/mol. The van der Waals surface area contributed by atoms with Crippen LogP contribution in [0.2, 0.25) is 0 Å². The summed E-state index contributed by atoms with van der Waals surface area (Å²) in [5, 5.41) is 8.55. The minimum atomic E-state index is -0.807. The second-order valence-corrected chi connectivity index (χ2v) is 4.66. The van der Waals surface area contributed by atoms with Crippen molar-refractivity contribution in [3.63, 3.8) is 0 Å². The van der Waals surface area contributed by atoms with E-state index in [2.05, 4.69) is 14.9 Å². The number of carboxylic acids is 1. The summed E-state index contributed by atoms with van der Waals surface area (Å²) in [6.07, 6.45) is 5.65. The normalized spacial score (nSPS) is 17.5. The van der Waals surface area contributed by atoms with E-state index in [0.29, 0.717) is 6.61 Å². The van der Waals surface area contributed by atoms with Crippen LogP contribution in [-0.4, -0.2) is 51.7 Å². The van der Waals surface area contributed by atoms with Gasteiger partial charge in [0.25, 0.3) is 0 Å². The number of rotatable bonds is 6. The molecule has 104 valence electrons. The molecule has 0 aromatic carbocycles. The molecule has 1 aliphatic heterocycles. The molecule has 1 aromatic rings. The van der Waals surface area contributed by atoms with Crippen molar-refractivity contribution in [2.75, 3.05) is 19.7 Å². The number of likely N-dealkylation sites (tertiary alicyclic amines) is 1. The number of carbonyl (C=O) groups is 1. The van der Waals surface area contributed by atoms with Gasteiger partial charge in [0.15, 0.2) is 0 Å². The first kappa shape index (κ1) is 13.9. The van der Waals surface area contributed by atoms with E-state index in [-0.39, 0.29) is 12.5 Å². The standard InChI is InChI=1S/C13H19N3O3/c17-13(18)4-9-19-11-2-7-16(8-3-11)10-12-14-5-1-6-15-12/h1,5-6,11H,2-4,7-10H2,(H,17,18). The van der Waals surface area contributed by atoms with Gasteiger partial charge in [-0.05, 0) is 18.9 Å². The molecule has 1 fully saturated rings. The molecule has 6 heteroatoms. The molecule has 1 aliphatic rings. The molecule has 1 aromatic heterocycles. The van der Waals surface area contributed by atoms with E-state index in [0.717, 1.165) is 38.3 Å². The molecule has 6 nitrogen and oxygen atoms in total. The molecule has 0 atom stereocenters. The smallest absolute Gasteiger partial charge is 0.305 e. The van der Waals surface area contributed by atoms with Crippen LogP contribution in [0, 0.1) is 0 Å². The first-order valence-corrected chi connectivity index (χ1v) is 6.55. The van der Waals surface area contributed by atoms with Gasteiger partial charge in [-0.15, -0.1) is 0 Å². The van der Waals surface area contributed by atoms with Crippen molar-refractivity contribution in [1.82, 2.24) is 14.9 Å². The zero-order chi connectivity index (χ0) is 13.5. The van der Waals surface area contributed by atoms with Gasteiger partial charge in [0.05, 0.1) is 25.7 Å². The van der Waals surface area contributed by atoms with E-state index in [1.54, 1.807) is 12.4 Å². The van der Waals surface area contributed by atoms with E-state index in [1.807, 2.05) is 6.07 Å². The maximum Gasteiger partial charge on any atom is 0.305 e. The van der Waals surface area contributed by atoms with Crippen LogP contribution in [0.5, 0.6) is 0 Å². The van der Waals surface area contributed by atoms with Gasteiger partial charge in [0.2, 0.25) is 0 Å². The molecule has 2 heterocycles. The highest BCUT2D eigenvalue weighted by Crippen LogP contribution is 2.15. The summed E-state index contributed by atoms with van der Waals surface area (Å²) < 4.78 is 5.55. The van der Waals surface area contributed by atoms with Gasteiger partial charge in [-0.1, -0.05) is 0 Å². The topological polar surface area (TPSA) is 75.6 Å². The van der Waals surface area contributed by atoms with Gasteiger partial charge in [-0.3, -0.25) is 9.69 Å². The van der Waals surface area contributed by atoms with Crippen molar-refractivity contribution in [3.05, 3.63) is 24.3 Å². The average Bonchev–Trinajstić information content (AvgIpc) is 2.42. The molecule has 0 unspecified atom stereocenters. The van der Waals surface area contributed by atoms with Crippen molar-refractivity contribution >= 4 is 5.97 Å². The first-order valence-electron chi connectivity index (χ1n) is 6.55. The van der Waals surface area contributed by atoms with E-state index in [1.165, 1.54) is 0 Å². The molecule has 0 radical (unpaired) electrons. The highest BCUT2D eigenvalue weighted by molar-refractivity contribution is 5.66. The highest BCUT2D eigenvalue weighted by atomic mass is 16.5. The molecule has 0 amide bonds. The van der Waals surface area contributed by atoms with Crippen LogP contribution in [0.3, 0.4) is 0 Å². The van der Waals surface area contributed by atoms with Crippen molar-refractivity contribution in [2.24, 2.45) is 0 Å². The number of hydrogen-bond acceptors (Lipinski definition) is 5. The number of piperidine rings is 1. The van der Waals surface area contributed by atoms with Crippen LogP contribution < -0.4 is 0 Å². The lowest BCUT2D eigenvalue weighted by Gasteiger charge is -2.31. The summed E-state index contributed by atoms with van der Waals surface area (Å²) in [7, 11) is 0. The molecule has 2 rings (SSSR count). The van der Waals surface area contributed by atoms with Crippen LogP contribution in [0.4, 0.5) is 0 Å². The minimum absolute atomic E-state index is 0.0814. The Morgan fingerprint density at radius 2 is 2.05 bits per heavy atom. The van der Waals surface area contributed by atoms with Crippen LogP contribution in [-0.2, 0) is 16.1 Å². The quantitative estimate of drug-likeness (QED) is 0.824. The Bertz CT molecular complexity index is 391. The number of aliphatic carboxylic acids is 1. The Labute approximate surface area is 112 Å². The van der Waals surface area contributed by atoms with Gasteiger partial charge in [-0.25, -0.2) is 9.97 Å². The molecular formula is C13H19N3O3. The van der Waals surface area contributed by atoms with Crippen LogP contribution in [0.1, 0.15) is 25.1 Å². The van der Waals surface area contributed by atoms with Crippen LogP contribution >= 0.6 is 0 Å². The molecule has 0 spiro atoms. The highest BCUT2D eigenvalue weighted by Gasteiger charge is 2.20. The van der Waals surface area contributed by atoms with Crippen LogP contribution in [0.15, 0.2) is 18.5 Å². The summed E-state index contributed by atoms with van der Waals surface area (Å²) in [6.45, 7) is 2.95. The predicted molar refractivity (Wildman–Crippen MR) is 68.5 cm³/mol. The fourth-order valence-electron chi connectivity index (χ4n) is 2.16. The Morgan fingerprint density at radius 1 is 1.37 bits per heavy atom. The van der Waals surface area contributed by atoms with E-state index in [4.69, 9.17) is 9.84 Å². The molecule has 0 aliphatic carbocycles. The zero-order valence-electron chi connectivity index (χ0n) is 10.9. The monoisotopic (exact) mass is 265 g/mol. The van der Waals surface area contributed by atoms with Crippen molar-refractivity contribution in [3.8, 4) is 0 Å². The number of aromatic nitrogens is 2. The van der Waals surface area contributed by atoms with Gasteiger partial charge < -0.3 is 9.84 Å². The number of hydrogen-bond donors (Lipinski definition) is 1. The Kier molecular flexibility index (Phi) is 5.23. The summed E-state index contributed by atoms with van der Waals surface area (Å²) in [4.78, 5) is 21.1. The number of ether oxygens (including phenoxy) is 1. The van der Waals surface area contributed by atoms with Crippen LogP contribution in [0.25, 0.3) is 0 Å². The summed E-state index contributed by atoms with van der Waals surface area (Å²) in [6, 6.07) is 1.81. The lowest BCUT2D eigenvalue weighted by atomic mass is 10.1. The number of nitrogens with zero attached hydrogens (tertiary/aromatic N) is 3. The van der Waals surface area contributed by atoms with E-state index < -0.39 is 5.97 Å². The zero-order valence-corrected chi connectivity index (χ0v) is 10.9. The van der Waals surface area contributed by atoms with Crippen molar-refractivity contribution < 1.29 is 14.6 Å². The second-order valence-electron chi connectivity index (χ2n) is 4.66. The molecule has 19 heavy (non-hydrogen) atoms. The van der Waals surface area contributed by atoms with Gasteiger partial charge in [-0.2, -0.15) is 0 Å². The Hall–Kier alpha value is -1.53. The predicted octanol–water partition coefficient (Wildman–Crippen LogP) is 0.932. The fraction of sp³-hybridized carbons (Fsp3) is 0.615. The second kappa shape index (κ2) is 7.16. The Balaban J connectivity index is 1.66. The van der Waals surface area contributed by atoms with E-state index in [9.17, 15) is 4.79 Å². The van der Waals surface area contributed by atoms with Gasteiger partial charge in [0, 0.05) is 25.5 Å². The maximum atomic E-state index is 10.4. The largest absolute Gasteiger partial charge is 0.481 e.